The van der Waals surface area contributed by atoms with Crippen LogP contribution >= 0.6 is 24.0 Å². The molecule has 3 fully saturated rings. The fraction of sp³-hybridized carbons (Fsp3) is 0.933. The summed E-state index contributed by atoms with van der Waals surface area (Å²) in [6.45, 7) is 0. The van der Waals surface area contributed by atoms with Crippen LogP contribution in [-0.2, 0) is 0 Å². The monoisotopic (exact) mass is 377 g/mol. The highest BCUT2D eigenvalue weighted by Crippen LogP contribution is 2.48. The first-order chi connectivity index (χ1) is 8.83. The van der Waals surface area contributed by atoms with Gasteiger partial charge < -0.3 is 11.1 Å². The molecule has 0 saturated heterocycles. The Bertz CT molecular complexity index is 307. The maximum atomic E-state index is 6.06. The van der Waals surface area contributed by atoms with Gasteiger partial charge in [-0.05, 0) is 31.1 Å². The van der Waals surface area contributed by atoms with Crippen molar-refractivity contribution in [2.45, 2.75) is 76.3 Å². The molecule has 0 amide bonds. The minimum atomic E-state index is 0. The molecular formula is C15H28IN3. The molecule has 0 radical (unpaired) electrons. The number of guanidine groups is 1. The van der Waals surface area contributed by atoms with Crippen molar-refractivity contribution in [1.29, 1.82) is 0 Å². The molecule has 0 bridgehead atoms. The zero-order valence-electron chi connectivity index (χ0n) is 11.8. The predicted molar refractivity (Wildman–Crippen MR) is 90.9 cm³/mol. The lowest BCUT2D eigenvalue weighted by molar-refractivity contribution is 0.273. The van der Waals surface area contributed by atoms with Crippen LogP contribution in [0.5, 0.6) is 0 Å². The van der Waals surface area contributed by atoms with Gasteiger partial charge in [-0.15, -0.1) is 24.0 Å². The Morgan fingerprint density at radius 1 is 0.947 bits per heavy atom. The van der Waals surface area contributed by atoms with Crippen molar-refractivity contribution in [2.75, 3.05) is 0 Å². The molecule has 3 nitrogen and oxygen atoms in total. The van der Waals surface area contributed by atoms with Crippen LogP contribution in [0.2, 0.25) is 0 Å². The van der Waals surface area contributed by atoms with Gasteiger partial charge >= 0.3 is 0 Å². The zero-order valence-corrected chi connectivity index (χ0v) is 14.1. The molecule has 3 rings (SSSR count). The second-order valence-corrected chi connectivity index (χ2v) is 6.51. The highest BCUT2D eigenvalue weighted by molar-refractivity contribution is 14.0. The van der Waals surface area contributed by atoms with Crippen LogP contribution in [0.25, 0.3) is 0 Å². The number of nitrogens with two attached hydrogens (primary N) is 1. The van der Waals surface area contributed by atoms with E-state index in [9.17, 15) is 0 Å². The van der Waals surface area contributed by atoms with Gasteiger partial charge in [0.05, 0.1) is 6.04 Å². The second kappa shape index (κ2) is 7.14. The molecule has 0 spiro atoms. The summed E-state index contributed by atoms with van der Waals surface area (Å²) in [7, 11) is 0. The van der Waals surface area contributed by atoms with E-state index in [0.29, 0.717) is 18.0 Å². The first kappa shape index (κ1) is 15.4. The van der Waals surface area contributed by atoms with Gasteiger partial charge in [0.25, 0.3) is 0 Å². The van der Waals surface area contributed by atoms with Gasteiger partial charge in [0, 0.05) is 6.04 Å². The molecule has 0 unspecified atom stereocenters. The molecule has 3 aliphatic rings. The molecule has 4 heteroatoms. The summed E-state index contributed by atoms with van der Waals surface area (Å²) in [4.78, 5) is 4.68. The maximum absolute atomic E-state index is 6.06. The van der Waals surface area contributed by atoms with Gasteiger partial charge in [0.1, 0.15) is 0 Å². The highest BCUT2D eigenvalue weighted by Gasteiger charge is 2.45. The first-order valence-electron chi connectivity index (χ1n) is 7.93. The quantitative estimate of drug-likeness (QED) is 0.343. The van der Waals surface area contributed by atoms with E-state index < -0.39 is 0 Å². The Kier molecular flexibility index (Phi) is 5.78. The fourth-order valence-corrected chi connectivity index (χ4v) is 3.57. The maximum Gasteiger partial charge on any atom is 0.189 e. The molecule has 0 aliphatic heterocycles. The Balaban J connectivity index is 0.00000133. The van der Waals surface area contributed by atoms with Crippen molar-refractivity contribution in [3.8, 4) is 0 Å². The van der Waals surface area contributed by atoms with Gasteiger partial charge in [0.15, 0.2) is 5.96 Å². The molecule has 0 aromatic carbocycles. The van der Waals surface area contributed by atoms with Crippen LogP contribution in [0.1, 0.15) is 64.2 Å². The zero-order chi connectivity index (χ0) is 12.4. The topological polar surface area (TPSA) is 50.4 Å². The van der Waals surface area contributed by atoms with Crippen molar-refractivity contribution >= 4 is 29.9 Å². The summed E-state index contributed by atoms with van der Waals surface area (Å²) in [5.74, 6) is 2.56. The van der Waals surface area contributed by atoms with Crippen LogP contribution in [0.4, 0.5) is 0 Å². The molecule has 3 saturated carbocycles. The smallest absolute Gasteiger partial charge is 0.189 e. The first-order valence-corrected chi connectivity index (χ1v) is 7.93. The minimum Gasteiger partial charge on any atom is -0.370 e. The highest BCUT2D eigenvalue weighted by atomic mass is 127. The number of halogens is 1. The molecule has 2 atom stereocenters. The van der Waals surface area contributed by atoms with E-state index in [4.69, 9.17) is 5.73 Å². The lowest BCUT2D eigenvalue weighted by atomic mass is 9.81. The third-order valence-corrected chi connectivity index (χ3v) is 5.07. The number of hydrogen-bond acceptors (Lipinski definition) is 1. The summed E-state index contributed by atoms with van der Waals surface area (Å²) in [6.07, 6.45) is 13.6. The summed E-state index contributed by atoms with van der Waals surface area (Å²) in [6, 6.07) is 1.13. The van der Waals surface area contributed by atoms with Gasteiger partial charge in [-0.3, -0.25) is 0 Å². The average molecular weight is 377 g/mol. The number of rotatable bonds is 3. The normalized spacial score (nSPS) is 32.9. The molecule has 3 N–H and O–H groups in total. The van der Waals surface area contributed by atoms with Gasteiger partial charge in [0.2, 0.25) is 0 Å². The van der Waals surface area contributed by atoms with Gasteiger partial charge in [-0.25, -0.2) is 4.99 Å². The number of hydrogen-bond donors (Lipinski definition) is 2. The van der Waals surface area contributed by atoms with Crippen LogP contribution in [-0.4, -0.2) is 18.0 Å². The minimum absolute atomic E-state index is 0. The van der Waals surface area contributed by atoms with E-state index in [-0.39, 0.29) is 24.0 Å². The van der Waals surface area contributed by atoms with Crippen molar-refractivity contribution in [1.82, 2.24) is 5.32 Å². The third-order valence-electron chi connectivity index (χ3n) is 5.07. The summed E-state index contributed by atoms with van der Waals surface area (Å²) < 4.78 is 0. The predicted octanol–water partition coefficient (Wildman–Crippen LogP) is 3.42. The van der Waals surface area contributed by atoms with E-state index in [1.807, 2.05) is 0 Å². The lowest BCUT2D eigenvalue weighted by Gasteiger charge is -2.25. The summed E-state index contributed by atoms with van der Waals surface area (Å²) >= 11 is 0. The van der Waals surface area contributed by atoms with E-state index in [1.54, 1.807) is 0 Å². The van der Waals surface area contributed by atoms with Crippen LogP contribution in [0.15, 0.2) is 4.99 Å². The Morgan fingerprint density at radius 3 is 2.21 bits per heavy atom. The number of aliphatic imine (C=N–C) groups is 1. The van der Waals surface area contributed by atoms with E-state index in [1.165, 1.54) is 64.2 Å². The summed E-state index contributed by atoms with van der Waals surface area (Å²) in [5.41, 5.74) is 6.06. The SMILES string of the molecule is I.NC(=N[C@@H]1C[C@H]1C1CCC1)NC1CCCCCC1. The number of nitrogens with zero attached hydrogens (tertiary/aromatic N) is 1. The van der Waals surface area contributed by atoms with Crippen molar-refractivity contribution < 1.29 is 0 Å². The molecular weight excluding hydrogens is 349 g/mol. The summed E-state index contributed by atoms with van der Waals surface area (Å²) in [5, 5.41) is 3.45. The van der Waals surface area contributed by atoms with E-state index in [0.717, 1.165) is 11.8 Å². The van der Waals surface area contributed by atoms with Gasteiger partial charge in [-0.1, -0.05) is 44.9 Å². The lowest BCUT2D eigenvalue weighted by Crippen LogP contribution is -2.40. The molecule has 3 aliphatic carbocycles. The molecule has 110 valence electrons. The largest absolute Gasteiger partial charge is 0.370 e. The fourth-order valence-electron chi connectivity index (χ4n) is 3.57. The standard InChI is InChI=1S/C15H27N3.HI/c16-15(17-12-8-3-1-2-4-9-12)18-14-10-13(14)11-6-5-7-11;/h11-14H,1-10H2,(H3,16,17,18);1H/t13-,14+;/m0./s1. The number of nitrogens with one attached hydrogen (secondary N) is 1. The molecule has 19 heavy (non-hydrogen) atoms. The molecule has 0 aromatic heterocycles. The Labute approximate surface area is 134 Å². The third kappa shape index (κ3) is 4.23. The van der Waals surface area contributed by atoms with E-state index in [2.05, 4.69) is 10.3 Å². The molecule has 0 aromatic rings. The van der Waals surface area contributed by atoms with Gasteiger partial charge in [-0.2, -0.15) is 0 Å². The average Bonchev–Trinajstić information content (AvgIpc) is 3.02. The van der Waals surface area contributed by atoms with Crippen LogP contribution in [0.3, 0.4) is 0 Å². The van der Waals surface area contributed by atoms with Crippen LogP contribution in [0, 0.1) is 11.8 Å². The second-order valence-electron chi connectivity index (χ2n) is 6.51. The van der Waals surface area contributed by atoms with Crippen LogP contribution < -0.4 is 11.1 Å². The van der Waals surface area contributed by atoms with Crippen molar-refractivity contribution in [2.24, 2.45) is 22.6 Å². The van der Waals surface area contributed by atoms with Crippen molar-refractivity contribution in [3.05, 3.63) is 0 Å². The Hall–Kier alpha value is 0. The van der Waals surface area contributed by atoms with E-state index >= 15 is 0 Å². The molecule has 0 heterocycles. The Morgan fingerprint density at radius 2 is 1.63 bits per heavy atom. The van der Waals surface area contributed by atoms with Crippen molar-refractivity contribution in [3.63, 3.8) is 0 Å².